The van der Waals surface area contributed by atoms with E-state index in [2.05, 4.69) is 10.0 Å². The first-order chi connectivity index (χ1) is 9.85. The summed E-state index contributed by atoms with van der Waals surface area (Å²) in [6, 6.07) is 3.52. The van der Waals surface area contributed by atoms with Gasteiger partial charge in [0.15, 0.2) is 0 Å². The molecule has 118 valence electrons. The Bertz CT molecular complexity index is 601. The van der Waals surface area contributed by atoms with E-state index in [1.54, 1.807) is 13.0 Å². The van der Waals surface area contributed by atoms with Crippen LogP contribution in [0.1, 0.15) is 13.8 Å². The first-order valence-corrected chi connectivity index (χ1v) is 7.86. The molecule has 21 heavy (non-hydrogen) atoms. The lowest BCUT2D eigenvalue weighted by Crippen LogP contribution is -2.44. The lowest BCUT2D eigenvalue weighted by molar-refractivity contribution is -0.122. The molecule has 0 spiro atoms. The zero-order chi connectivity index (χ0) is 16.0. The summed E-state index contributed by atoms with van der Waals surface area (Å²) in [5, 5.41) is 2.55. The highest BCUT2D eigenvalue weighted by Gasteiger charge is 2.25. The van der Waals surface area contributed by atoms with Crippen molar-refractivity contribution in [3.63, 3.8) is 0 Å². The average Bonchev–Trinajstić information content (AvgIpc) is 2.46. The third-order valence-electron chi connectivity index (χ3n) is 2.74. The van der Waals surface area contributed by atoms with Gasteiger partial charge in [-0.15, -0.1) is 0 Å². The Kier molecular flexibility index (Phi) is 5.98. The minimum absolute atomic E-state index is 0.0829. The quantitative estimate of drug-likeness (QED) is 0.764. The fourth-order valence-corrected chi connectivity index (χ4v) is 3.06. The Balaban J connectivity index is 3.09. The van der Waals surface area contributed by atoms with E-state index in [0.717, 1.165) is 0 Å². The number of amides is 1. The number of ether oxygens (including phenoxy) is 2. The summed E-state index contributed by atoms with van der Waals surface area (Å²) in [7, 11) is -1.11. The van der Waals surface area contributed by atoms with Gasteiger partial charge in [0, 0.05) is 12.6 Å². The molecule has 1 atom stereocenters. The molecular weight excluding hydrogens is 296 g/mol. The second kappa shape index (κ2) is 7.28. The Morgan fingerprint density at radius 2 is 1.95 bits per heavy atom. The lowest BCUT2D eigenvalue weighted by atomic mass is 10.3. The van der Waals surface area contributed by atoms with Crippen LogP contribution in [0, 0.1) is 0 Å². The van der Waals surface area contributed by atoms with E-state index < -0.39 is 22.0 Å². The number of rotatable bonds is 7. The van der Waals surface area contributed by atoms with E-state index in [9.17, 15) is 13.2 Å². The number of hydrogen-bond acceptors (Lipinski definition) is 5. The minimum Gasteiger partial charge on any atom is -0.497 e. The van der Waals surface area contributed by atoms with Crippen LogP contribution in [-0.2, 0) is 14.8 Å². The number of methoxy groups -OCH3 is 2. The first-order valence-electron chi connectivity index (χ1n) is 6.37. The summed E-state index contributed by atoms with van der Waals surface area (Å²) in [6.45, 7) is 3.65. The van der Waals surface area contributed by atoms with Crippen LogP contribution in [0.4, 0.5) is 0 Å². The van der Waals surface area contributed by atoms with Crippen LogP contribution in [0.2, 0.25) is 0 Å². The molecular formula is C13H20N2O5S. The Hall–Kier alpha value is -1.80. The second-order valence-electron chi connectivity index (χ2n) is 4.25. The summed E-state index contributed by atoms with van der Waals surface area (Å²) in [5.74, 6) is 0.149. The Morgan fingerprint density at radius 3 is 2.48 bits per heavy atom. The highest BCUT2D eigenvalue weighted by molar-refractivity contribution is 7.89. The number of sulfonamides is 1. The van der Waals surface area contributed by atoms with E-state index in [0.29, 0.717) is 12.3 Å². The van der Waals surface area contributed by atoms with E-state index in [4.69, 9.17) is 9.47 Å². The van der Waals surface area contributed by atoms with Crippen LogP contribution in [0.25, 0.3) is 0 Å². The molecule has 2 N–H and O–H groups in total. The summed E-state index contributed by atoms with van der Waals surface area (Å²) in [4.78, 5) is 11.6. The molecule has 0 aliphatic carbocycles. The molecule has 0 saturated carbocycles. The van der Waals surface area contributed by atoms with Crippen molar-refractivity contribution in [3.8, 4) is 11.5 Å². The molecule has 0 aromatic heterocycles. The molecule has 0 saturated heterocycles. The predicted molar refractivity (Wildman–Crippen MR) is 78.0 cm³/mol. The second-order valence-corrected chi connectivity index (χ2v) is 5.94. The molecule has 0 heterocycles. The van der Waals surface area contributed by atoms with Crippen molar-refractivity contribution in [2.24, 2.45) is 0 Å². The third-order valence-corrected chi connectivity index (χ3v) is 4.30. The van der Waals surface area contributed by atoms with Gasteiger partial charge in [-0.05, 0) is 26.0 Å². The van der Waals surface area contributed by atoms with Gasteiger partial charge < -0.3 is 14.8 Å². The van der Waals surface area contributed by atoms with Crippen molar-refractivity contribution in [2.75, 3.05) is 20.8 Å². The van der Waals surface area contributed by atoms with Crippen molar-refractivity contribution in [2.45, 2.75) is 24.8 Å². The van der Waals surface area contributed by atoms with Crippen LogP contribution in [-0.4, -0.2) is 41.1 Å². The van der Waals surface area contributed by atoms with Crippen molar-refractivity contribution < 1.29 is 22.7 Å². The van der Waals surface area contributed by atoms with Gasteiger partial charge >= 0.3 is 0 Å². The minimum atomic E-state index is -3.91. The number of hydrogen-bond donors (Lipinski definition) is 2. The van der Waals surface area contributed by atoms with Crippen LogP contribution in [0.3, 0.4) is 0 Å². The van der Waals surface area contributed by atoms with Gasteiger partial charge in [0.2, 0.25) is 15.9 Å². The monoisotopic (exact) mass is 316 g/mol. The molecule has 0 aliphatic heterocycles. The molecule has 1 aromatic rings. The smallest absolute Gasteiger partial charge is 0.245 e. The third kappa shape index (κ3) is 4.33. The zero-order valence-electron chi connectivity index (χ0n) is 12.5. The van der Waals surface area contributed by atoms with Crippen molar-refractivity contribution >= 4 is 15.9 Å². The molecule has 8 heteroatoms. The maximum Gasteiger partial charge on any atom is 0.245 e. The number of likely N-dealkylation sites (N-methyl/N-ethyl adjacent to an activating group) is 1. The largest absolute Gasteiger partial charge is 0.497 e. The van der Waals surface area contributed by atoms with E-state index >= 15 is 0 Å². The standard InChI is InChI=1S/C13H20N2O5S/c1-5-14-13(16)9(2)15-21(17,18)12-8-10(19-3)6-7-11(12)20-4/h6-9,15H,5H2,1-4H3,(H,14,16)/t9-/m0/s1. The van der Waals surface area contributed by atoms with Gasteiger partial charge in [-0.2, -0.15) is 4.72 Å². The molecule has 0 bridgehead atoms. The Morgan fingerprint density at radius 1 is 1.29 bits per heavy atom. The van der Waals surface area contributed by atoms with Crippen LogP contribution < -0.4 is 19.5 Å². The van der Waals surface area contributed by atoms with Gasteiger partial charge in [0.25, 0.3) is 0 Å². The number of nitrogens with one attached hydrogen (secondary N) is 2. The number of benzene rings is 1. The molecule has 7 nitrogen and oxygen atoms in total. The lowest BCUT2D eigenvalue weighted by Gasteiger charge is -2.16. The van der Waals surface area contributed by atoms with E-state index in [1.165, 1.54) is 33.3 Å². The fourth-order valence-electron chi connectivity index (χ4n) is 1.67. The van der Waals surface area contributed by atoms with Crippen molar-refractivity contribution in [3.05, 3.63) is 18.2 Å². The maximum atomic E-state index is 12.4. The SMILES string of the molecule is CCNC(=O)[C@H](C)NS(=O)(=O)c1cc(OC)ccc1OC. The molecule has 0 aliphatic rings. The van der Waals surface area contributed by atoms with Crippen LogP contribution >= 0.6 is 0 Å². The van der Waals surface area contributed by atoms with E-state index in [-0.39, 0.29) is 10.6 Å². The first kappa shape index (κ1) is 17.3. The summed E-state index contributed by atoms with van der Waals surface area (Å²) in [5.41, 5.74) is 0. The van der Waals surface area contributed by atoms with Crippen molar-refractivity contribution in [1.29, 1.82) is 0 Å². The highest BCUT2D eigenvalue weighted by atomic mass is 32.2. The summed E-state index contributed by atoms with van der Waals surface area (Å²) in [6.07, 6.45) is 0. The highest BCUT2D eigenvalue weighted by Crippen LogP contribution is 2.28. The molecule has 0 unspecified atom stereocenters. The zero-order valence-corrected chi connectivity index (χ0v) is 13.3. The molecule has 0 fully saturated rings. The molecule has 1 amide bonds. The normalized spacial score (nSPS) is 12.6. The number of carbonyl (C=O) groups is 1. The summed E-state index contributed by atoms with van der Waals surface area (Å²) < 4.78 is 37.1. The van der Waals surface area contributed by atoms with Crippen LogP contribution in [0.15, 0.2) is 23.1 Å². The van der Waals surface area contributed by atoms with Gasteiger partial charge in [-0.3, -0.25) is 4.79 Å². The average molecular weight is 316 g/mol. The van der Waals surface area contributed by atoms with Crippen LogP contribution in [0.5, 0.6) is 11.5 Å². The summed E-state index contributed by atoms with van der Waals surface area (Å²) >= 11 is 0. The Labute approximate surface area is 124 Å². The molecule has 0 radical (unpaired) electrons. The van der Waals surface area contributed by atoms with Gasteiger partial charge in [-0.25, -0.2) is 8.42 Å². The van der Waals surface area contributed by atoms with Gasteiger partial charge in [0.1, 0.15) is 16.4 Å². The molecule has 1 rings (SSSR count). The van der Waals surface area contributed by atoms with E-state index in [1.807, 2.05) is 0 Å². The van der Waals surface area contributed by atoms with Gasteiger partial charge in [-0.1, -0.05) is 0 Å². The topological polar surface area (TPSA) is 93.7 Å². The maximum absolute atomic E-state index is 12.4. The number of carbonyl (C=O) groups excluding carboxylic acids is 1. The predicted octanol–water partition coefficient (Wildman–Crippen LogP) is 0.507. The molecule has 1 aromatic carbocycles. The van der Waals surface area contributed by atoms with Gasteiger partial charge in [0.05, 0.1) is 20.3 Å². The fraction of sp³-hybridized carbons (Fsp3) is 0.462. The van der Waals surface area contributed by atoms with Crippen molar-refractivity contribution in [1.82, 2.24) is 10.0 Å².